The third-order valence-electron chi connectivity index (χ3n) is 3.13. The van der Waals surface area contributed by atoms with E-state index < -0.39 is 11.6 Å². The van der Waals surface area contributed by atoms with Gasteiger partial charge in [-0.1, -0.05) is 39.2 Å². The minimum absolute atomic E-state index is 0.112. The molecule has 1 N–H and O–H groups in total. The van der Waals surface area contributed by atoms with Crippen LogP contribution in [0.5, 0.6) is 5.75 Å². The van der Waals surface area contributed by atoms with E-state index in [0.717, 1.165) is 25.7 Å². The summed E-state index contributed by atoms with van der Waals surface area (Å²) in [6, 6.07) is 3.10. The molecule has 0 saturated heterocycles. The van der Waals surface area contributed by atoms with Gasteiger partial charge in [-0.3, -0.25) is 4.79 Å². The predicted octanol–water partition coefficient (Wildman–Crippen LogP) is 4.25. The Balaban J connectivity index is 2.71. The number of phenols is 1. The highest BCUT2D eigenvalue weighted by molar-refractivity contribution is 5.98. The Hall–Kier alpha value is -1.38. The van der Waals surface area contributed by atoms with Crippen LogP contribution >= 0.6 is 0 Å². The Bertz CT molecular complexity index is 413. The number of aryl methyl sites for hydroxylation is 1. The van der Waals surface area contributed by atoms with Crippen LogP contribution in [0.15, 0.2) is 12.1 Å². The molecule has 2 nitrogen and oxygen atoms in total. The molecule has 3 heteroatoms. The molecule has 0 atom stereocenters. The van der Waals surface area contributed by atoms with Gasteiger partial charge in [-0.2, -0.15) is 0 Å². The lowest BCUT2D eigenvalue weighted by atomic mass is 10.0. The Kier molecular flexibility index (Phi) is 5.83. The number of hydrogen-bond acceptors (Lipinski definition) is 2. The highest BCUT2D eigenvalue weighted by Crippen LogP contribution is 2.26. The van der Waals surface area contributed by atoms with Crippen LogP contribution in [-0.2, 0) is 6.42 Å². The largest absolute Gasteiger partial charge is 0.504 e. The van der Waals surface area contributed by atoms with Crippen LogP contribution in [0.25, 0.3) is 0 Å². The van der Waals surface area contributed by atoms with Gasteiger partial charge in [0.05, 0.1) is 5.56 Å². The summed E-state index contributed by atoms with van der Waals surface area (Å²) in [4.78, 5) is 11.9. The van der Waals surface area contributed by atoms with Crippen LogP contribution in [0.4, 0.5) is 4.39 Å². The molecule has 0 heterocycles. The van der Waals surface area contributed by atoms with Crippen molar-refractivity contribution < 1.29 is 14.3 Å². The van der Waals surface area contributed by atoms with Crippen LogP contribution in [0.2, 0.25) is 0 Å². The molecule has 1 aromatic carbocycles. The number of benzene rings is 1. The second kappa shape index (κ2) is 7.14. The lowest BCUT2D eigenvalue weighted by Crippen LogP contribution is -2.02. The third-order valence-corrected chi connectivity index (χ3v) is 3.13. The third kappa shape index (κ3) is 3.56. The molecular formula is C15H21FO2. The van der Waals surface area contributed by atoms with Crippen LogP contribution in [-0.4, -0.2) is 10.9 Å². The second-order valence-electron chi connectivity index (χ2n) is 4.52. The van der Waals surface area contributed by atoms with Crippen LogP contribution in [0, 0.1) is 5.82 Å². The number of hydrogen-bond donors (Lipinski definition) is 1. The Morgan fingerprint density at radius 2 is 1.94 bits per heavy atom. The van der Waals surface area contributed by atoms with Gasteiger partial charge in [-0.15, -0.1) is 0 Å². The lowest BCUT2D eigenvalue weighted by Gasteiger charge is -2.07. The predicted molar refractivity (Wildman–Crippen MR) is 70.5 cm³/mol. The Labute approximate surface area is 108 Å². The van der Waals surface area contributed by atoms with Crippen molar-refractivity contribution in [1.29, 1.82) is 0 Å². The van der Waals surface area contributed by atoms with E-state index in [9.17, 15) is 14.3 Å². The van der Waals surface area contributed by atoms with E-state index in [1.54, 1.807) is 6.07 Å². The number of carbonyl (C=O) groups excluding carboxylic acids is 1. The molecule has 0 saturated carbocycles. The first-order valence-electron chi connectivity index (χ1n) is 6.65. The number of Topliss-reactive ketones (excluding diaryl/α,β-unsaturated/α-hetero) is 1. The van der Waals surface area contributed by atoms with Gasteiger partial charge in [-0.25, -0.2) is 4.39 Å². The number of phenolic OH excluding ortho intramolecular Hbond substituents is 1. The molecule has 0 bridgehead atoms. The normalized spacial score (nSPS) is 10.6. The zero-order valence-corrected chi connectivity index (χ0v) is 11.1. The average molecular weight is 252 g/mol. The highest BCUT2D eigenvalue weighted by Gasteiger charge is 2.16. The number of rotatable bonds is 7. The molecule has 0 unspecified atom stereocenters. The van der Waals surface area contributed by atoms with Crippen molar-refractivity contribution in [3.05, 3.63) is 29.1 Å². The molecule has 0 spiro atoms. The van der Waals surface area contributed by atoms with Crippen LogP contribution < -0.4 is 0 Å². The van der Waals surface area contributed by atoms with E-state index in [1.165, 1.54) is 6.07 Å². The van der Waals surface area contributed by atoms with Gasteiger partial charge in [0, 0.05) is 6.42 Å². The maximum Gasteiger partial charge on any atom is 0.168 e. The summed E-state index contributed by atoms with van der Waals surface area (Å²) in [5, 5.41) is 9.69. The topological polar surface area (TPSA) is 37.3 Å². The van der Waals surface area contributed by atoms with Crippen molar-refractivity contribution in [3.8, 4) is 5.75 Å². The minimum Gasteiger partial charge on any atom is -0.504 e. The van der Waals surface area contributed by atoms with Crippen molar-refractivity contribution in [2.45, 2.75) is 52.4 Å². The Morgan fingerprint density at radius 1 is 1.22 bits per heavy atom. The summed E-state index contributed by atoms with van der Waals surface area (Å²) in [5.41, 5.74) is 0.552. The number of aromatic hydroxyl groups is 1. The molecular weight excluding hydrogens is 231 g/mol. The fourth-order valence-corrected chi connectivity index (χ4v) is 1.95. The summed E-state index contributed by atoms with van der Waals surface area (Å²) in [7, 11) is 0. The summed E-state index contributed by atoms with van der Waals surface area (Å²) >= 11 is 0. The SMILES string of the molecule is CCCCCCC(=O)c1ccc(CC)c(F)c1O. The number of ketones is 1. The van der Waals surface area contributed by atoms with Gasteiger partial charge in [0.1, 0.15) is 0 Å². The molecule has 100 valence electrons. The average Bonchev–Trinajstić information content (AvgIpc) is 2.37. The van der Waals surface area contributed by atoms with Crippen molar-refractivity contribution in [2.75, 3.05) is 0 Å². The summed E-state index contributed by atoms with van der Waals surface area (Å²) in [6.45, 7) is 3.91. The first kappa shape index (κ1) is 14.7. The van der Waals surface area contributed by atoms with Gasteiger partial charge >= 0.3 is 0 Å². The maximum atomic E-state index is 13.7. The molecule has 1 rings (SSSR count). The lowest BCUT2D eigenvalue weighted by molar-refractivity contribution is 0.0975. The molecule has 0 aliphatic heterocycles. The van der Waals surface area contributed by atoms with E-state index in [-0.39, 0.29) is 11.3 Å². The molecule has 0 fully saturated rings. The van der Waals surface area contributed by atoms with Crippen LogP contribution in [0.3, 0.4) is 0 Å². The van der Waals surface area contributed by atoms with E-state index in [1.807, 2.05) is 6.92 Å². The summed E-state index contributed by atoms with van der Waals surface area (Å²) < 4.78 is 13.7. The smallest absolute Gasteiger partial charge is 0.168 e. The molecule has 0 radical (unpaired) electrons. The van der Waals surface area contributed by atoms with Crippen molar-refractivity contribution in [2.24, 2.45) is 0 Å². The first-order chi connectivity index (χ1) is 8.61. The van der Waals surface area contributed by atoms with Gasteiger partial charge in [0.15, 0.2) is 17.3 Å². The monoisotopic (exact) mass is 252 g/mol. The van der Waals surface area contributed by atoms with Crippen molar-refractivity contribution in [3.63, 3.8) is 0 Å². The molecule has 0 amide bonds. The molecule has 18 heavy (non-hydrogen) atoms. The van der Waals surface area contributed by atoms with E-state index in [0.29, 0.717) is 18.4 Å². The van der Waals surface area contributed by atoms with E-state index >= 15 is 0 Å². The van der Waals surface area contributed by atoms with Crippen LogP contribution in [0.1, 0.15) is 61.9 Å². The van der Waals surface area contributed by atoms with E-state index in [4.69, 9.17) is 0 Å². The van der Waals surface area contributed by atoms with Crippen molar-refractivity contribution >= 4 is 5.78 Å². The van der Waals surface area contributed by atoms with E-state index in [2.05, 4.69) is 6.92 Å². The van der Waals surface area contributed by atoms with Crippen molar-refractivity contribution in [1.82, 2.24) is 0 Å². The highest BCUT2D eigenvalue weighted by atomic mass is 19.1. The number of unbranched alkanes of at least 4 members (excludes halogenated alkanes) is 3. The number of carbonyl (C=O) groups is 1. The zero-order chi connectivity index (χ0) is 13.5. The second-order valence-corrected chi connectivity index (χ2v) is 4.52. The minimum atomic E-state index is -0.656. The van der Waals surface area contributed by atoms with Gasteiger partial charge in [0.25, 0.3) is 0 Å². The summed E-state index contributed by atoms with van der Waals surface area (Å²) in [6.07, 6.45) is 4.88. The molecule has 0 aromatic heterocycles. The molecule has 0 aliphatic rings. The Morgan fingerprint density at radius 3 is 2.56 bits per heavy atom. The number of halogens is 1. The standard InChI is InChI=1S/C15H21FO2/c1-3-5-6-7-8-13(17)12-10-9-11(4-2)14(16)15(12)18/h9-10,18H,3-8H2,1-2H3. The van der Waals surface area contributed by atoms with Gasteiger partial charge < -0.3 is 5.11 Å². The summed E-state index contributed by atoms with van der Waals surface area (Å²) in [5.74, 6) is -1.32. The fourth-order valence-electron chi connectivity index (χ4n) is 1.95. The van der Waals surface area contributed by atoms with Gasteiger partial charge in [0.2, 0.25) is 0 Å². The fraction of sp³-hybridized carbons (Fsp3) is 0.533. The molecule has 1 aromatic rings. The quantitative estimate of drug-likeness (QED) is 0.582. The maximum absolute atomic E-state index is 13.7. The first-order valence-corrected chi connectivity index (χ1v) is 6.65. The zero-order valence-electron chi connectivity index (χ0n) is 11.1. The molecule has 0 aliphatic carbocycles. The van der Waals surface area contributed by atoms with Gasteiger partial charge in [-0.05, 0) is 24.5 Å².